The molecule has 0 unspecified atom stereocenters. The predicted octanol–water partition coefficient (Wildman–Crippen LogP) is 3.05. The molecule has 1 fully saturated rings. The lowest BCUT2D eigenvalue weighted by molar-refractivity contribution is -0.0690. The van der Waals surface area contributed by atoms with Crippen molar-refractivity contribution < 1.29 is 19.4 Å². The fourth-order valence-corrected chi connectivity index (χ4v) is 3.51. The van der Waals surface area contributed by atoms with Gasteiger partial charge in [0, 0.05) is 6.54 Å². The molecular formula is C17H17NO4S. The molecule has 3 rings (SSSR count). The van der Waals surface area contributed by atoms with Crippen LogP contribution in [0.5, 0.6) is 0 Å². The maximum Gasteiger partial charge on any atom is 0.345 e. The number of rotatable bonds is 3. The molecule has 2 atom stereocenters. The molecule has 0 aliphatic carbocycles. The van der Waals surface area contributed by atoms with Gasteiger partial charge in [-0.15, -0.1) is 11.3 Å². The molecule has 23 heavy (non-hydrogen) atoms. The Bertz CT molecular complexity index is 712. The number of nitrogens with zero attached hydrogens (tertiary/aromatic N) is 1. The number of carbonyl (C=O) groups is 2. The number of morpholine rings is 1. The molecule has 0 bridgehead atoms. The average Bonchev–Trinajstić information content (AvgIpc) is 3.04. The summed E-state index contributed by atoms with van der Waals surface area (Å²) in [6.07, 6.45) is -0.236. The van der Waals surface area contributed by atoms with Gasteiger partial charge < -0.3 is 14.7 Å². The molecule has 0 spiro atoms. The van der Waals surface area contributed by atoms with Gasteiger partial charge in [0.15, 0.2) is 0 Å². The Kier molecular flexibility index (Phi) is 4.45. The summed E-state index contributed by atoms with van der Waals surface area (Å²) in [6.45, 7) is 2.91. The van der Waals surface area contributed by atoms with E-state index in [-0.39, 0.29) is 23.0 Å². The summed E-state index contributed by atoms with van der Waals surface area (Å²) in [4.78, 5) is 26.0. The van der Waals surface area contributed by atoms with Crippen LogP contribution < -0.4 is 0 Å². The van der Waals surface area contributed by atoms with E-state index in [9.17, 15) is 9.59 Å². The van der Waals surface area contributed by atoms with Gasteiger partial charge in [-0.3, -0.25) is 4.79 Å². The van der Waals surface area contributed by atoms with Gasteiger partial charge >= 0.3 is 5.97 Å². The Morgan fingerprint density at radius 3 is 2.48 bits per heavy atom. The van der Waals surface area contributed by atoms with Crippen LogP contribution in [-0.2, 0) is 4.74 Å². The highest BCUT2D eigenvalue weighted by Crippen LogP contribution is 2.27. The standard InChI is InChI=1S/C17H17NO4S/c1-11-9-18(10-13(22-11)12-5-3-2-4-6-12)16(19)14-7-8-15(23-14)17(20)21/h2-8,11,13H,9-10H2,1H3,(H,20,21)/t11-,13-/m1/s1. The molecule has 2 aromatic rings. The molecule has 1 amide bonds. The number of carboxylic acids is 1. The number of amides is 1. The predicted molar refractivity (Wildman–Crippen MR) is 86.9 cm³/mol. The van der Waals surface area contributed by atoms with Gasteiger partial charge in [0.1, 0.15) is 11.0 Å². The molecule has 0 radical (unpaired) electrons. The van der Waals surface area contributed by atoms with Gasteiger partial charge in [0.2, 0.25) is 0 Å². The largest absolute Gasteiger partial charge is 0.477 e. The summed E-state index contributed by atoms with van der Waals surface area (Å²) in [7, 11) is 0. The van der Waals surface area contributed by atoms with E-state index in [1.165, 1.54) is 6.07 Å². The minimum atomic E-state index is -1.01. The van der Waals surface area contributed by atoms with Gasteiger partial charge in [0.05, 0.1) is 17.5 Å². The molecule has 1 aliphatic heterocycles. The highest BCUT2D eigenvalue weighted by Gasteiger charge is 2.30. The number of thiophene rings is 1. The lowest BCUT2D eigenvalue weighted by Gasteiger charge is -2.36. The summed E-state index contributed by atoms with van der Waals surface area (Å²) >= 11 is 1.01. The maximum absolute atomic E-state index is 12.6. The lowest BCUT2D eigenvalue weighted by atomic mass is 10.1. The third kappa shape index (κ3) is 3.43. The second-order valence-corrected chi connectivity index (χ2v) is 6.61. The molecule has 1 aromatic carbocycles. The first kappa shape index (κ1) is 15.7. The van der Waals surface area contributed by atoms with Crippen molar-refractivity contribution in [2.75, 3.05) is 13.1 Å². The van der Waals surface area contributed by atoms with E-state index >= 15 is 0 Å². The fourth-order valence-electron chi connectivity index (χ4n) is 2.69. The number of carbonyl (C=O) groups excluding carboxylic acids is 1. The Labute approximate surface area is 138 Å². The second-order valence-electron chi connectivity index (χ2n) is 5.53. The normalized spacial score (nSPS) is 21.2. The van der Waals surface area contributed by atoms with Crippen LogP contribution in [0, 0.1) is 0 Å². The van der Waals surface area contributed by atoms with Gasteiger partial charge in [-0.25, -0.2) is 4.79 Å². The molecule has 1 aliphatic rings. The van der Waals surface area contributed by atoms with Crippen molar-refractivity contribution in [2.24, 2.45) is 0 Å². The molecular weight excluding hydrogens is 314 g/mol. The quantitative estimate of drug-likeness (QED) is 0.939. The smallest absolute Gasteiger partial charge is 0.345 e. The van der Waals surface area contributed by atoms with E-state index in [0.717, 1.165) is 16.9 Å². The summed E-state index contributed by atoms with van der Waals surface area (Å²) in [5.41, 5.74) is 1.04. The fraction of sp³-hybridized carbons (Fsp3) is 0.294. The SMILES string of the molecule is C[C@@H]1CN(C(=O)c2ccc(C(=O)O)s2)C[C@H](c2ccccc2)O1. The van der Waals surface area contributed by atoms with Crippen LogP contribution in [-0.4, -0.2) is 41.1 Å². The Morgan fingerprint density at radius 2 is 1.83 bits per heavy atom. The van der Waals surface area contributed by atoms with Crippen molar-refractivity contribution in [1.82, 2.24) is 4.90 Å². The van der Waals surface area contributed by atoms with Crippen molar-refractivity contribution in [2.45, 2.75) is 19.1 Å². The molecule has 6 heteroatoms. The maximum atomic E-state index is 12.6. The topological polar surface area (TPSA) is 66.8 Å². The summed E-state index contributed by atoms with van der Waals surface area (Å²) < 4.78 is 5.95. The number of ether oxygens (including phenoxy) is 1. The van der Waals surface area contributed by atoms with E-state index in [4.69, 9.17) is 9.84 Å². The van der Waals surface area contributed by atoms with Crippen LogP contribution in [0.4, 0.5) is 0 Å². The molecule has 120 valence electrons. The third-order valence-electron chi connectivity index (χ3n) is 3.75. The van der Waals surface area contributed by atoms with Crippen LogP contribution in [0.2, 0.25) is 0 Å². The molecule has 1 saturated heterocycles. The van der Waals surface area contributed by atoms with Crippen molar-refractivity contribution in [3.8, 4) is 0 Å². The van der Waals surface area contributed by atoms with E-state index in [1.54, 1.807) is 11.0 Å². The van der Waals surface area contributed by atoms with E-state index in [2.05, 4.69) is 0 Å². The second kappa shape index (κ2) is 6.52. The first-order valence-electron chi connectivity index (χ1n) is 7.37. The van der Waals surface area contributed by atoms with Crippen LogP contribution in [0.15, 0.2) is 42.5 Å². The summed E-state index contributed by atoms with van der Waals surface area (Å²) in [5, 5.41) is 8.99. The van der Waals surface area contributed by atoms with Gasteiger partial charge in [-0.1, -0.05) is 30.3 Å². The minimum absolute atomic E-state index is 0.0724. The number of aromatic carboxylic acids is 1. The number of hydrogen-bond donors (Lipinski definition) is 1. The molecule has 0 saturated carbocycles. The van der Waals surface area contributed by atoms with E-state index in [1.807, 2.05) is 37.3 Å². The number of benzene rings is 1. The summed E-state index contributed by atoms with van der Waals surface area (Å²) in [6, 6.07) is 12.9. The zero-order chi connectivity index (χ0) is 16.4. The molecule has 1 aromatic heterocycles. The van der Waals surface area contributed by atoms with E-state index < -0.39 is 5.97 Å². The lowest BCUT2D eigenvalue weighted by Crippen LogP contribution is -2.45. The van der Waals surface area contributed by atoms with Crippen LogP contribution in [0.25, 0.3) is 0 Å². The van der Waals surface area contributed by atoms with Crippen LogP contribution in [0.3, 0.4) is 0 Å². The third-order valence-corrected chi connectivity index (χ3v) is 4.81. The van der Waals surface area contributed by atoms with Crippen LogP contribution in [0.1, 0.15) is 37.9 Å². The Hall–Kier alpha value is -2.18. The van der Waals surface area contributed by atoms with Gasteiger partial charge in [-0.2, -0.15) is 0 Å². The Balaban J connectivity index is 1.78. The van der Waals surface area contributed by atoms with E-state index in [0.29, 0.717) is 18.0 Å². The molecule has 1 N–H and O–H groups in total. The highest BCUT2D eigenvalue weighted by molar-refractivity contribution is 7.15. The van der Waals surface area contributed by atoms with Gasteiger partial charge in [-0.05, 0) is 24.6 Å². The first-order valence-corrected chi connectivity index (χ1v) is 8.19. The van der Waals surface area contributed by atoms with Crippen molar-refractivity contribution >= 4 is 23.2 Å². The summed E-state index contributed by atoms with van der Waals surface area (Å²) in [5.74, 6) is -1.15. The highest BCUT2D eigenvalue weighted by atomic mass is 32.1. The van der Waals surface area contributed by atoms with Gasteiger partial charge in [0.25, 0.3) is 5.91 Å². The van der Waals surface area contributed by atoms with Crippen LogP contribution >= 0.6 is 11.3 Å². The molecule has 5 nitrogen and oxygen atoms in total. The Morgan fingerprint density at radius 1 is 1.13 bits per heavy atom. The van der Waals surface area contributed by atoms with Crippen molar-refractivity contribution in [3.05, 3.63) is 57.8 Å². The van der Waals surface area contributed by atoms with Crippen molar-refractivity contribution in [3.63, 3.8) is 0 Å². The zero-order valence-electron chi connectivity index (χ0n) is 12.6. The van der Waals surface area contributed by atoms with Crippen molar-refractivity contribution in [1.29, 1.82) is 0 Å². The number of hydrogen-bond acceptors (Lipinski definition) is 4. The zero-order valence-corrected chi connectivity index (χ0v) is 13.5. The molecule has 2 heterocycles. The minimum Gasteiger partial charge on any atom is -0.477 e. The monoisotopic (exact) mass is 331 g/mol. The number of carboxylic acid groups (broad SMARTS) is 1. The first-order chi connectivity index (χ1) is 11.0. The average molecular weight is 331 g/mol.